The second kappa shape index (κ2) is 10.3. The number of nitrogens with zero attached hydrogens (tertiary/aromatic N) is 2. The van der Waals surface area contributed by atoms with E-state index in [1.165, 1.54) is 0 Å². The van der Waals surface area contributed by atoms with Gasteiger partial charge in [0.1, 0.15) is 11.4 Å². The number of anilines is 1. The maximum Gasteiger partial charge on any atom is 0.323 e. The summed E-state index contributed by atoms with van der Waals surface area (Å²) in [6, 6.07) is 7.94. The molecule has 182 valence electrons. The van der Waals surface area contributed by atoms with E-state index in [2.05, 4.69) is 21.5 Å². The fourth-order valence-corrected chi connectivity index (χ4v) is 5.21. The number of esters is 1. The van der Waals surface area contributed by atoms with Gasteiger partial charge in [0.25, 0.3) is 0 Å². The summed E-state index contributed by atoms with van der Waals surface area (Å²) in [5.74, 6) is -0.0346. The SMILES string of the molecule is COc1ccc2nccc(N3CCC(C(C)CNS(=O)(=O)CC(=O)OC(C)(C)C)CC3)c2c1. The van der Waals surface area contributed by atoms with Gasteiger partial charge in [-0.2, -0.15) is 0 Å². The minimum Gasteiger partial charge on any atom is -0.497 e. The third kappa shape index (κ3) is 7.04. The van der Waals surface area contributed by atoms with Crippen molar-refractivity contribution in [1.29, 1.82) is 0 Å². The fourth-order valence-electron chi connectivity index (χ4n) is 4.23. The molecule has 1 fully saturated rings. The van der Waals surface area contributed by atoms with Gasteiger partial charge < -0.3 is 14.4 Å². The van der Waals surface area contributed by atoms with E-state index in [1.54, 1.807) is 27.9 Å². The van der Waals surface area contributed by atoms with E-state index >= 15 is 0 Å². The van der Waals surface area contributed by atoms with E-state index < -0.39 is 27.3 Å². The Hall–Kier alpha value is -2.39. The molecule has 0 radical (unpaired) electrons. The van der Waals surface area contributed by atoms with Gasteiger partial charge in [0, 0.05) is 36.9 Å². The van der Waals surface area contributed by atoms with Crippen molar-refractivity contribution in [3.8, 4) is 5.75 Å². The molecule has 8 nitrogen and oxygen atoms in total. The van der Waals surface area contributed by atoms with Crippen molar-refractivity contribution >= 4 is 32.6 Å². The van der Waals surface area contributed by atoms with Crippen LogP contribution in [0.5, 0.6) is 5.75 Å². The average Bonchev–Trinajstić information content (AvgIpc) is 2.75. The van der Waals surface area contributed by atoms with Gasteiger partial charge in [-0.1, -0.05) is 6.92 Å². The van der Waals surface area contributed by atoms with Crippen LogP contribution in [0.3, 0.4) is 0 Å². The number of sulfonamides is 1. The third-order valence-electron chi connectivity index (χ3n) is 5.96. The lowest BCUT2D eigenvalue weighted by Crippen LogP contribution is -2.40. The van der Waals surface area contributed by atoms with E-state index in [4.69, 9.17) is 9.47 Å². The summed E-state index contributed by atoms with van der Waals surface area (Å²) in [5, 5.41) is 1.07. The van der Waals surface area contributed by atoms with Crippen LogP contribution in [0.4, 0.5) is 5.69 Å². The molecule has 2 aromatic rings. The van der Waals surface area contributed by atoms with Gasteiger partial charge in [-0.15, -0.1) is 0 Å². The molecule has 1 saturated heterocycles. The Bertz CT molecular complexity index is 1070. The first-order valence-corrected chi connectivity index (χ1v) is 13.0. The fraction of sp³-hybridized carbons (Fsp3) is 0.583. The Morgan fingerprint density at radius 3 is 2.58 bits per heavy atom. The van der Waals surface area contributed by atoms with E-state index in [-0.39, 0.29) is 5.92 Å². The van der Waals surface area contributed by atoms with Gasteiger partial charge in [-0.3, -0.25) is 9.78 Å². The maximum atomic E-state index is 12.3. The molecule has 3 rings (SSSR count). The zero-order valence-corrected chi connectivity index (χ0v) is 20.9. The molecule has 0 spiro atoms. The summed E-state index contributed by atoms with van der Waals surface area (Å²) >= 11 is 0. The van der Waals surface area contributed by atoms with Crippen LogP contribution in [0.25, 0.3) is 10.9 Å². The molecular formula is C24H35N3O5S. The van der Waals surface area contributed by atoms with Crippen molar-refractivity contribution in [2.45, 2.75) is 46.1 Å². The summed E-state index contributed by atoms with van der Waals surface area (Å²) in [4.78, 5) is 18.7. The standard InChI is InChI=1S/C24H35N3O5S/c1-17(15-26-33(29,30)16-23(28)32-24(2,3)4)18-9-12-27(13-10-18)22-8-11-25-21-7-6-19(31-5)14-20(21)22/h6-8,11,14,17-18,26H,9-10,12-13,15-16H2,1-5H3. The molecule has 0 amide bonds. The Balaban J connectivity index is 1.55. The summed E-state index contributed by atoms with van der Waals surface area (Å²) in [6.45, 7) is 9.28. The highest BCUT2D eigenvalue weighted by Gasteiger charge is 2.27. The van der Waals surface area contributed by atoms with Crippen molar-refractivity contribution in [2.75, 3.05) is 37.4 Å². The topological polar surface area (TPSA) is 97.8 Å². The van der Waals surface area contributed by atoms with Gasteiger partial charge >= 0.3 is 5.97 Å². The summed E-state index contributed by atoms with van der Waals surface area (Å²) in [5.41, 5.74) is 1.37. The van der Waals surface area contributed by atoms with Crippen molar-refractivity contribution in [2.24, 2.45) is 11.8 Å². The Kier molecular flexibility index (Phi) is 7.84. The first kappa shape index (κ1) is 25.2. The molecule has 1 aromatic heterocycles. The predicted octanol–water partition coefficient (Wildman–Crippen LogP) is 3.36. The second-order valence-electron chi connectivity index (χ2n) is 9.71. The number of aromatic nitrogens is 1. The molecule has 1 aliphatic heterocycles. The smallest absolute Gasteiger partial charge is 0.323 e. The number of methoxy groups -OCH3 is 1. The number of benzene rings is 1. The van der Waals surface area contributed by atoms with Crippen LogP contribution in [0, 0.1) is 11.8 Å². The Morgan fingerprint density at radius 1 is 1.24 bits per heavy atom. The van der Waals surface area contributed by atoms with Gasteiger partial charge in [0.05, 0.1) is 12.6 Å². The molecule has 33 heavy (non-hydrogen) atoms. The van der Waals surface area contributed by atoms with E-state index in [0.717, 1.165) is 48.3 Å². The van der Waals surface area contributed by atoms with Crippen molar-refractivity contribution in [3.05, 3.63) is 30.5 Å². The molecule has 2 heterocycles. The summed E-state index contributed by atoms with van der Waals surface area (Å²) in [7, 11) is -2.07. The van der Waals surface area contributed by atoms with Crippen molar-refractivity contribution < 1.29 is 22.7 Å². The molecule has 1 unspecified atom stereocenters. The number of piperidine rings is 1. The van der Waals surface area contributed by atoms with Crippen LogP contribution in [0.1, 0.15) is 40.5 Å². The highest BCUT2D eigenvalue weighted by atomic mass is 32.2. The number of fused-ring (bicyclic) bond motifs is 1. The molecule has 1 N–H and O–H groups in total. The molecule has 0 saturated carbocycles. The van der Waals surface area contributed by atoms with Gasteiger partial charge in [0.2, 0.25) is 10.0 Å². The van der Waals surface area contributed by atoms with Gasteiger partial charge in [-0.05, 0) is 69.7 Å². The minimum atomic E-state index is -3.73. The normalized spacial score (nSPS) is 16.6. The number of carbonyl (C=O) groups excluding carboxylic acids is 1. The number of rotatable bonds is 8. The molecule has 1 aliphatic rings. The number of carbonyl (C=O) groups is 1. The number of ether oxygens (including phenoxy) is 2. The number of hydrogen-bond donors (Lipinski definition) is 1. The average molecular weight is 478 g/mol. The van der Waals surface area contributed by atoms with Crippen molar-refractivity contribution in [1.82, 2.24) is 9.71 Å². The first-order valence-electron chi connectivity index (χ1n) is 11.3. The Morgan fingerprint density at radius 2 is 1.94 bits per heavy atom. The monoisotopic (exact) mass is 477 g/mol. The molecule has 1 atom stereocenters. The van der Waals surface area contributed by atoms with Crippen LogP contribution in [-0.2, 0) is 19.6 Å². The zero-order chi connectivity index (χ0) is 24.2. The minimum absolute atomic E-state index is 0.162. The first-order chi connectivity index (χ1) is 15.5. The maximum absolute atomic E-state index is 12.3. The van der Waals surface area contributed by atoms with Crippen molar-refractivity contribution in [3.63, 3.8) is 0 Å². The molecule has 9 heteroatoms. The highest BCUT2D eigenvalue weighted by molar-refractivity contribution is 7.90. The van der Waals surface area contributed by atoms with Gasteiger partial charge in [0.15, 0.2) is 5.75 Å². The lowest BCUT2D eigenvalue weighted by atomic mass is 9.85. The number of hydrogen-bond acceptors (Lipinski definition) is 7. The summed E-state index contributed by atoms with van der Waals surface area (Å²) < 4.78 is 37.7. The Labute approximate surface area is 196 Å². The highest BCUT2D eigenvalue weighted by Crippen LogP contribution is 2.33. The number of nitrogens with one attached hydrogen (secondary N) is 1. The lowest BCUT2D eigenvalue weighted by Gasteiger charge is -2.36. The van der Waals surface area contributed by atoms with Crippen LogP contribution < -0.4 is 14.4 Å². The molecule has 0 bridgehead atoms. The number of pyridine rings is 1. The van der Waals surface area contributed by atoms with E-state index in [1.807, 2.05) is 30.5 Å². The van der Waals surface area contributed by atoms with Crippen LogP contribution >= 0.6 is 0 Å². The van der Waals surface area contributed by atoms with Crippen LogP contribution in [0.15, 0.2) is 30.5 Å². The lowest BCUT2D eigenvalue weighted by molar-refractivity contribution is -0.151. The van der Waals surface area contributed by atoms with E-state index in [0.29, 0.717) is 12.5 Å². The van der Waals surface area contributed by atoms with E-state index in [9.17, 15) is 13.2 Å². The quantitative estimate of drug-likeness (QED) is 0.582. The largest absolute Gasteiger partial charge is 0.497 e. The summed E-state index contributed by atoms with van der Waals surface area (Å²) in [6.07, 6.45) is 3.75. The zero-order valence-electron chi connectivity index (χ0n) is 20.1. The molecule has 1 aromatic carbocycles. The predicted molar refractivity (Wildman–Crippen MR) is 130 cm³/mol. The van der Waals surface area contributed by atoms with Gasteiger partial charge in [-0.25, -0.2) is 13.1 Å². The third-order valence-corrected chi connectivity index (χ3v) is 7.19. The molecule has 0 aliphatic carbocycles. The van der Waals surface area contributed by atoms with Crippen LogP contribution in [-0.4, -0.2) is 57.5 Å². The second-order valence-corrected chi connectivity index (χ2v) is 11.5. The van der Waals surface area contributed by atoms with Crippen LogP contribution in [0.2, 0.25) is 0 Å². The molecular weight excluding hydrogens is 442 g/mol.